The van der Waals surface area contributed by atoms with Crippen molar-refractivity contribution in [2.75, 3.05) is 5.32 Å². The highest BCUT2D eigenvalue weighted by Gasteiger charge is 2.08. The minimum Gasteiger partial charge on any atom is -0.348 e. The number of nitrogens with one attached hydrogen (secondary N) is 2. The van der Waals surface area contributed by atoms with Crippen LogP contribution in [0.2, 0.25) is 0 Å². The lowest BCUT2D eigenvalue weighted by Gasteiger charge is -2.09. The third-order valence-corrected chi connectivity index (χ3v) is 4.82. The summed E-state index contributed by atoms with van der Waals surface area (Å²) < 4.78 is 0. The molecule has 1 heterocycles. The predicted octanol–water partition coefficient (Wildman–Crippen LogP) is 4.93. The van der Waals surface area contributed by atoms with Crippen LogP contribution in [-0.2, 0) is 6.54 Å². The summed E-state index contributed by atoms with van der Waals surface area (Å²) in [7, 11) is 0. The quantitative estimate of drug-likeness (QED) is 0.476. The van der Waals surface area contributed by atoms with Crippen LogP contribution in [0.4, 0.5) is 5.69 Å². The first-order chi connectivity index (χ1) is 15.2. The minimum absolute atomic E-state index is 0.184. The molecule has 2 N–H and O–H groups in total. The molecule has 1 aromatic heterocycles. The van der Waals surface area contributed by atoms with Crippen molar-refractivity contribution in [2.45, 2.75) is 6.54 Å². The molecule has 0 spiro atoms. The molecule has 0 atom stereocenters. The Morgan fingerprint density at radius 2 is 1.48 bits per heavy atom. The molecule has 4 aromatic rings. The van der Waals surface area contributed by atoms with Gasteiger partial charge in [0, 0.05) is 30.2 Å². The number of benzene rings is 3. The van der Waals surface area contributed by atoms with Crippen LogP contribution >= 0.6 is 0 Å². The maximum Gasteiger partial charge on any atom is 0.255 e. The summed E-state index contributed by atoms with van der Waals surface area (Å²) in [6.45, 7) is 0.350. The van der Waals surface area contributed by atoms with E-state index >= 15 is 0 Å². The zero-order valence-corrected chi connectivity index (χ0v) is 16.8. The van der Waals surface area contributed by atoms with E-state index in [1.165, 1.54) is 6.20 Å². The molecular weight excluding hydrogens is 386 g/mol. The Kier molecular flexibility index (Phi) is 6.14. The van der Waals surface area contributed by atoms with Gasteiger partial charge < -0.3 is 10.6 Å². The molecule has 0 saturated carbocycles. The highest BCUT2D eigenvalue weighted by atomic mass is 16.2. The van der Waals surface area contributed by atoms with Crippen LogP contribution in [0.15, 0.2) is 103 Å². The number of aromatic nitrogens is 1. The van der Waals surface area contributed by atoms with E-state index in [2.05, 4.69) is 15.6 Å². The molecule has 0 bridgehead atoms. The van der Waals surface area contributed by atoms with E-state index in [0.29, 0.717) is 23.4 Å². The molecule has 152 valence electrons. The van der Waals surface area contributed by atoms with Gasteiger partial charge in [-0.2, -0.15) is 0 Å². The van der Waals surface area contributed by atoms with Crippen LogP contribution in [0.1, 0.15) is 26.3 Å². The zero-order chi connectivity index (χ0) is 21.5. The summed E-state index contributed by atoms with van der Waals surface area (Å²) in [4.78, 5) is 28.8. The predicted molar refractivity (Wildman–Crippen MR) is 122 cm³/mol. The molecule has 0 aliphatic carbocycles. The SMILES string of the molecule is O=C(NCc1cccc(NC(=O)c2ccc(-c3ccccc3)cc2)c1)c1cccnc1. The number of anilines is 1. The number of hydrogen-bond donors (Lipinski definition) is 2. The molecule has 5 nitrogen and oxygen atoms in total. The van der Waals surface area contributed by atoms with Crippen molar-refractivity contribution in [2.24, 2.45) is 0 Å². The van der Waals surface area contributed by atoms with Crippen molar-refractivity contribution >= 4 is 17.5 Å². The van der Waals surface area contributed by atoms with E-state index in [4.69, 9.17) is 0 Å². The van der Waals surface area contributed by atoms with Gasteiger partial charge >= 0.3 is 0 Å². The van der Waals surface area contributed by atoms with Crippen LogP contribution in [0.25, 0.3) is 11.1 Å². The second-order valence-electron chi connectivity index (χ2n) is 7.02. The molecule has 0 fully saturated rings. The van der Waals surface area contributed by atoms with Gasteiger partial charge in [-0.15, -0.1) is 0 Å². The van der Waals surface area contributed by atoms with Gasteiger partial charge in [-0.25, -0.2) is 0 Å². The lowest BCUT2D eigenvalue weighted by molar-refractivity contribution is 0.0949. The van der Waals surface area contributed by atoms with Crippen LogP contribution in [0, 0.1) is 0 Å². The molecule has 2 amide bonds. The Morgan fingerprint density at radius 1 is 0.710 bits per heavy atom. The van der Waals surface area contributed by atoms with Gasteiger partial charge in [0.05, 0.1) is 5.56 Å². The van der Waals surface area contributed by atoms with E-state index in [-0.39, 0.29) is 11.8 Å². The molecule has 0 aliphatic rings. The number of pyridine rings is 1. The average molecular weight is 407 g/mol. The number of carbonyl (C=O) groups is 2. The van der Waals surface area contributed by atoms with Crippen molar-refractivity contribution in [1.82, 2.24) is 10.3 Å². The van der Waals surface area contributed by atoms with Crippen molar-refractivity contribution in [3.8, 4) is 11.1 Å². The summed E-state index contributed by atoms with van der Waals surface area (Å²) in [6.07, 6.45) is 3.15. The number of nitrogens with zero attached hydrogens (tertiary/aromatic N) is 1. The van der Waals surface area contributed by atoms with Gasteiger partial charge in [0.2, 0.25) is 0 Å². The highest BCUT2D eigenvalue weighted by Crippen LogP contribution is 2.20. The number of rotatable bonds is 6. The maximum absolute atomic E-state index is 12.6. The average Bonchev–Trinajstić information content (AvgIpc) is 2.84. The molecule has 0 saturated heterocycles. The Bertz CT molecular complexity index is 1170. The van der Waals surface area contributed by atoms with Crippen molar-refractivity contribution in [1.29, 1.82) is 0 Å². The van der Waals surface area contributed by atoms with Gasteiger partial charge in [0.1, 0.15) is 0 Å². The Morgan fingerprint density at radius 3 is 2.23 bits per heavy atom. The van der Waals surface area contributed by atoms with Gasteiger partial charge in [-0.05, 0) is 53.1 Å². The molecule has 31 heavy (non-hydrogen) atoms. The fraction of sp³-hybridized carbons (Fsp3) is 0.0385. The van der Waals surface area contributed by atoms with E-state index in [0.717, 1.165) is 16.7 Å². The monoisotopic (exact) mass is 407 g/mol. The van der Waals surface area contributed by atoms with Gasteiger partial charge in [-0.1, -0.05) is 54.6 Å². The highest BCUT2D eigenvalue weighted by molar-refractivity contribution is 6.04. The Labute approximate surface area is 180 Å². The van der Waals surface area contributed by atoms with Gasteiger partial charge in [0.15, 0.2) is 0 Å². The van der Waals surface area contributed by atoms with Crippen LogP contribution in [-0.4, -0.2) is 16.8 Å². The van der Waals surface area contributed by atoms with Crippen LogP contribution < -0.4 is 10.6 Å². The first-order valence-corrected chi connectivity index (χ1v) is 9.93. The van der Waals surface area contributed by atoms with E-state index < -0.39 is 0 Å². The van der Waals surface area contributed by atoms with Crippen LogP contribution in [0.3, 0.4) is 0 Å². The Balaban J connectivity index is 1.38. The lowest BCUT2D eigenvalue weighted by atomic mass is 10.0. The summed E-state index contributed by atoms with van der Waals surface area (Å²) in [5.41, 5.74) is 4.81. The largest absolute Gasteiger partial charge is 0.348 e. The third kappa shape index (κ3) is 5.22. The second kappa shape index (κ2) is 9.50. The van der Waals surface area contributed by atoms with Crippen molar-refractivity contribution < 1.29 is 9.59 Å². The Hall–Kier alpha value is -4.25. The number of hydrogen-bond acceptors (Lipinski definition) is 3. The first-order valence-electron chi connectivity index (χ1n) is 9.93. The first kappa shape index (κ1) is 20.0. The topological polar surface area (TPSA) is 71.1 Å². The van der Waals surface area contributed by atoms with Crippen molar-refractivity contribution in [3.63, 3.8) is 0 Å². The number of carbonyl (C=O) groups excluding carboxylic acids is 2. The normalized spacial score (nSPS) is 10.3. The van der Waals surface area contributed by atoms with Gasteiger partial charge in [-0.3, -0.25) is 14.6 Å². The van der Waals surface area contributed by atoms with E-state index in [1.807, 2.05) is 78.9 Å². The van der Waals surface area contributed by atoms with E-state index in [9.17, 15) is 9.59 Å². The molecular formula is C26H21N3O2. The van der Waals surface area contributed by atoms with E-state index in [1.54, 1.807) is 18.3 Å². The fourth-order valence-corrected chi connectivity index (χ4v) is 3.19. The number of amides is 2. The molecule has 0 unspecified atom stereocenters. The van der Waals surface area contributed by atoms with Crippen LogP contribution in [0.5, 0.6) is 0 Å². The third-order valence-electron chi connectivity index (χ3n) is 4.82. The molecule has 0 radical (unpaired) electrons. The fourth-order valence-electron chi connectivity index (χ4n) is 3.19. The molecule has 4 rings (SSSR count). The second-order valence-corrected chi connectivity index (χ2v) is 7.02. The smallest absolute Gasteiger partial charge is 0.255 e. The minimum atomic E-state index is -0.193. The summed E-state index contributed by atoms with van der Waals surface area (Å²) in [6, 6.07) is 28.4. The van der Waals surface area contributed by atoms with Crippen molar-refractivity contribution in [3.05, 3.63) is 120 Å². The maximum atomic E-state index is 12.6. The zero-order valence-electron chi connectivity index (χ0n) is 16.8. The molecule has 0 aliphatic heterocycles. The molecule has 5 heteroatoms. The standard InChI is InChI=1S/C26H21N3O2/c30-25(23-9-5-15-27-18-23)28-17-19-6-4-10-24(16-19)29-26(31)22-13-11-21(12-14-22)20-7-2-1-3-8-20/h1-16,18H,17H2,(H,28,30)(H,29,31). The summed E-state index contributed by atoms with van der Waals surface area (Å²) in [5.74, 6) is -0.378. The lowest BCUT2D eigenvalue weighted by Crippen LogP contribution is -2.23. The van der Waals surface area contributed by atoms with Gasteiger partial charge in [0.25, 0.3) is 11.8 Å². The molecule has 3 aromatic carbocycles. The summed E-state index contributed by atoms with van der Waals surface area (Å²) in [5, 5.41) is 5.77. The summed E-state index contributed by atoms with van der Waals surface area (Å²) >= 11 is 0.